The van der Waals surface area contributed by atoms with Gasteiger partial charge in [-0.25, -0.2) is 4.68 Å². The number of hydrogen-bond donors (Lipinski definition) is 2. The second-order valence-corrected chi connectivity index (χ2v) is 7.88. The van der Waals surface area contributed by atoms with E-state index in [-0.39, 0.29) is 5.11 Å². The minimum Gasteiger partial charge on any atom is -0.375 e. The zero-order valence-electron chi connectivity index (χ0n) is 17.6. The van der Waals surface area contributed by atoms with Gasteiger partial charge in [0.05, 0.1) is 11.9 Å². The third-order valence-electron chi connectivity index (χ3n) is 5.50. The third-order valence-corrected chi connectivity index (χ3v) is 5.59. The van der Waals surface area contributed by atoms with E-state index in [1.54, 1.807) is 6.21 Å². The van der Waals surface area contributed by atoms with Crippen molar-refractivity contribution in [2.75, 3.05) is 0 Å². The van der Waals surface area contributed by atoms with E-state index < -0.39 is 0 Å². The average Bonchev–Trinajstić information content (AvgIpc) is 3.38. The van der Waals surface area contributed by atoms with E-state index in [1.807, 2.05) is 41.2 Å². The predicted molar refractivity (Wildman–Crippen MR) is 135 cm³/mol. The number of aromatic nitrogens is 3. The Bertz CT molecular complexity index is 1460. The summed E-state index contributed by atoms with van der Waals surface area (Å²) in [5.74, 6) is 0. The van der Waals surface area contributed by atoms with Crippen molar-refractivity contribution in [3.05, 3.63) is 84.6 Å². The molecule has 5 aromatic rings. The molecule has 0 spiro atoms. The van der Waals surface area contributed by atoms with E-state index in [2.05, 4.69) is 64.5 Å². The Balaban J connectivity index is 1.69. The highest BCUT2D eigenvalue weighted by Gasteiger charge is 2.15. The Morgan fingerprint density at radius 3 is 2.56 bits per heavy atom. The van der Waals surface area contributed by atoms with Crippen LogP contribution in [0, 0.1) is 0 Å². The van der Waals surface area contributed by atoms with E-state index in [0.717, 1.165) is 29.1 Å². The van der Waals surface area contributed by atoms with Crippen LogP contribution in [-0.4, -0.2) is 25.7 Å². The summed E-state index contributed by atoms with van der Waals surface area (Å²) in [6.45, 7) is 3.08. The number of hydrogen-bond acceptors (Lipinski definition) is 3. The van der Waals surface area contributed by atoms with Gasteiger partial charge in [-0.1, -0.05) is 42.5 Å². The highest BCUT2D eigenvalue weighted by atomic mass is 32.1. The van der Waals surface area contributed by atoms with Crippen molar-refractivity contribution in [1.29, 1.82) is 0 Å². The summed E-state index contributed by atoms with van der Waals surface area (Å²) in [6, 6.07) is 25.0. The average molecular weight is 439 g/mol. The molecule has 6 nitrogen and oxygen atoms in total. The van der Waals surface area contributed by atoms with Crippen LogP contribution in [-0.2, 0) is 6.54 Å². The highest BCUT2D eigenvalue weighted by Crippen LogP contribution is 2.33. The van der Waals surface area contributed by atoms with Gasteiger partial charge in [0.25, 0.3) is 0 Å². The van der Waals surface area contributed by atoms with Crippen LogP contribution in [0.5, 0.6) is 0 Å². The topological polar surface area (TPSA) is 73.2 Å². The van der Waals surface area contributed by atoms with Gasteiger partial charge >= 0.3 is 0 Å². The summed E-state index contributed by atoms with van der Waals surface area (Å²) >= 11 is 4.86. The van der Waals surface area contributed by atoms with Gasteiger partial charge in [-0.05, 0) is 49.5 Å². The number of fused-ring (bicyclic) bond motifs is 3. The summed E-state index contributed by atoms with van der Waals surface area (Å²) in [7, 11) is 0. The summed E-state index contributed by atoms with van der Waals surface area (Å²) < 4.78 is 4.20. The molecule has 158 valence electrons. The monoisotopic (exact) mass is 438 g/mol. The van der Waals surface area contributed by atoms with Crippen molar-refractivity contribution < 1.29 is 0 Å². The molecule has 2 heterocycles. The third kappa shape index (κ3) is 3.52. The van der Waals surface area contributed by atoms with Crippen LogP contribution in [0.1, 0.15) is 12.5 Å². The maximum absolute atomic E-state index is 5.52. The van der Waals surface area contributed by atoms with Crippen LogP contribution in [0.3, 0.4) is 0 Å². The number of nitrogens with two attached hydrogens (primary N) is 1. The van der Waals surface area contributed by atoms with Crippen LogP contribution in [0.4, 0.5) is 0 Å². The summed E-state index contributed by atoms with van der Waals surface area (Å²) in [6.07, 6.45) is 3.65. The van der Waals surface area contributed by atoms with Crippen molar-refractivity contribution in [3.8, 4) is 16.9 Å². The van der Waals surface area contributed by atoms with Crippen molar-refractivity contribution in [1.82, 2.24) is 19.8 Å². The first kappa shape index (κ1) is 20.0. The Kier molecular flexibility index (Phi) is 5.17. The Labute approximate surface area is 191 Å². The molecule has 0 radical (unpaired) electrons. The lowest BCUT2D eigenvalue weighted by atomic mass is 10.0. The fourth-order valence-corrected chi connectivity index (χ4v) is 4.18. The summed E-state index contributed by atoms with van der Waals surface area (Å²) in [5.41, 5.74) is 14.3. The van der Waals surface area contributed by atoms with Gasteiger partial charge in [-0.15, -0.1) is 0 Å². The van der Waals surface area contributed by atoms with Crippen molar-refractivity contribution in [3.63, 3.8) is 0 Å². The summed E-state index contributed by atoms with van der Waals surface area (Å²) in [4.78, 5) is 0. The van der Waals surface area contributed by atoms with Crippen molar-refractivity contribution in [2.45, 2.75) is 13.5 Å². The molecule has 0 saturated heterocycles. The molecule has 0 aliphatic rings. The largest absolute Gasteiger partial charge is 0.375 e. The fraction of sp³-hybridized carbons (Fsp3) is 0.0800. The quantitative estimate of drug-likeness (QED) is 0.234. The summed E-state index contributed by atoms with van der Waals surface area (Å²) in [5, 5.41) is 11.6. The molecule has 5 rings (SSSR count). The van der Waals surface area contributed by atoms with E-state index in [9.17, 15) is 0 Å². The molecule has 0 saturated carbocycles. The normalized spacial score (nSPS) is 11.5. The number of rotatable bonds is 5. The lowest BCUT2D eigenvalue weighted by Gasteiger charge is -2.04. The molecule has 0 amide bonds. The van der Waals surface area contributed by atoms with Crippen LogP contribution in [0.15, 0.2) is 84.1 Å². The number of aryl methyl sites for hydroxylation is 1. The first-order valence-electron chi connectivity index (χ1n) is 10.4. The van der Waals surface area contributed by atoms with Crippen LogP contribution >= 0.6 is 12.2 Å². The maximum Gasteiger partial charge on any atom is 0.184 e. The number of para-hydroxylation sites is 2. The SMILES string of the molecule is CCn1c2ccccc2c2cc(-c3nn(-c4ccccc4)cc3/C=N\NC(N)=S)ccc21. The van der Waals surface area contributed by atoms with Gasteiger partial charge in [0.2, 0.25) is 0 Å². The Hall–Kier alpha value is -3.97. The lowest BCUT2D eigenvalue weighted by Crippen LogP contribution is -2.24. The van der Waals surface area contributed by atoms with Crippen molar-refractivity contribution in [2.24, 2.45) is 10.8 Å². The first-order chi connectivity index (χ1) is 15.7. The van der Waals surface area contributed by atoms with Gasteiger partial charge in [0.1, 0.15) is 5.69 Å². The zero-order chi connectivity index (χ0) is 22.1. The maximum atomic E-state index is 5.52. The van der Waals surface area contributed by atoms with Gasteiger partial charge in [0.15, 0.2) is 5.11 Å². The second kappa shape index (κ2) is 8.28. The molecule has 0 aliphatic heterocycles. The molecule has 0 bridgehead atoms. The van der Waals surface area contributed by atoms with Gasteiger partial charge < -0.3 is 10.3 Å². The fourth-order valence-electron chi connectivity index (χ4n) is 4.13. The smallest absolute Gasteiger partial charge is 0.184 e. The van der Waals surface area contributed by atoms with E-state index in [4.69, 9.17) is 23.1 Å². The van der Waals surface area contributed by atoms with E-state index in [0.29, 0.717) is 0 Å². The van der Waals surface area contributed by atoms with Crippen LogP contribution in [0.25, 0.3) is 38.8 Å². The molecular formula is C25H22N6S. The molecule has 0 aliphatic carbocycles. The van der Waals surface area contributed by atoms with E-state index in [1.165, 1.54) is 21.8 Å². The zero-order valence-corrected chi connectivity index (χ0v) is 18.4. The predicted octanol–water partition coefficient (Wildman–Crippen LogP) is 4.83. The van der Waals surface area contributed by atoms with E-state index >= 15 is 0 Å². The molecular weight excluding hydrogens is 416 g/mol. The van der Waals surface area contributed by atoms with Crippen molar-refractivity contribution >= 4 is 45.4 Å². The molecule has 32 heavy (non-hydrogen) atoms. The molecule has 0 atom stereocenters. The molecule has 3 N–H and O–H groups in total. The highest BCUT2D eigenvalue weighted by molar-refractivity contribution is 7.80. The Morgan fingerprint density at radius 2 is 1.78 bits per heavy atom. The van der Waals surface area contributed by atoms with Crippen LogP contribution < -0.4 is 11.2 Å². The number of hydrazone groups is 1. The molecule has 0 fully saturated rings. The number of nitrogens with one attached hydrogen (secondary N) is 1. The minimum absolute atomic E-state index is 0.118. The molecule has 0 unspecified atom stereocenters. The van der Waals surface area contributed by atoms with Gasteiger partial charge in [0, 0.05) is 45.7 Å². The second-order valence-electron chi connectivity index (χ2n) is 7.44. The Morgan fingerprint density at radius 1 is 1.03 bits per heavy atom. The minimum atomic E-state index is 0.118. The molecule has 2 aromatic heterocycles. The number of nitrogens with zero attached hydrogens (tertiary/aromatic N) is 4. The molecule has 3 aromatic carbocycles. The number of thiocarbonyl (C=S) groups is 1. The standard InChI is InChI=1S/C25H22N6S/c1-2-30-22-11-7-6-10-20(22)21-14-17(12-13-23(21)30)24-18(15-27-28-25(26)32)16-31(29-24)19-8-4-3-5-9-19/h3-16H,2H2,1H3,(H3,26,28,32)/b27-15-. The lowest BCUT2D eigenvalue weighted by molar-refractivity contribution is 0.827. The van der Waals surface area contributed by atoms with Crippen LogP contribution in [0.2, 0.25) is 0 Å². The van der Waals surface area contributed by atoms with Gasteiger partial charge in [-0.3, -0.25) is 5.43 Å². The first-order valence-corrected chi connectivity index (χ1v) is 10.8. The number of benzene rings is 3. The van der Waals surface area contributed by atoms with Gasteiger partial charge in [-0.2, -0.15) is 10.2 Å². The molecule has 7 heteroatoms.